The fraction of sp³-hybridized carbons (Fsp3) is 0.455. The van der Waals surface area contributed by atoms with Crippen LogP contribution in [-0.4, -0.2) is 17.3 Å². The number of hydrogen-bond donors (Lipinski definition) is 2. The summed E-state index contributed by atoms with van der Waals surface area (Å²) in [6.07, 6.45) is 2.19. The predicted molar refractivity (Wildman–Crippen MR) is 60.0 cm³/mol. The molecule has 0 bridgehead atoms. The Bertz CT molecular complexity index is 323. The van der Waals surface area contributed by atoms with Crippen molar-refractivity contribution in [3.05, 3.63) is 34.3 Å². The van der Waals surface area contributed by atoms with Crippen LogP contribution < -0.4 is 5.32 Å². The van der Waals surface area contributed by atoms with Gasteiger partial charge in [0.15, 0.2) is 0 Å². The zero-order valence-corrected chi connectivity index (χ0v) is 9.55. The number of aliphatic hydroxyl groups is 1. The summed E-state index contributed by atoms with van der Waals surface area (Å²) in [5, 5.41) is 12.5. The van der Waals surface area contributed by atoms with Crippen LogP contribution in [0, 0.1) is 0 Å². The maximum atomic E-state index is 9.12. The topological polar surface area (TPSA) is 32.3 Å². The molecule has 0 aliphatic heterocycles. The maximum absolute atomic E-state index is 9.12. The first kappa shape index (κ1) is 10.1. The van der Waals surface area contributed by atoms with Crippen LogP contribution in [0.25, 0.3) is 0 Å². The van der Waals surface area contributed by atoms with E-state index < -0.39 is 0 Å². The van der Waals surface area contributed by atoms with E-state index in [-0.39, 0.29) is 12.1 Å². The SMILES string of the molecule is OCC1(NCc2cccc(Br)c2)CC1. The highest BCUT2D eigenvalue weighted by Gasteiger charge is 2.41. The van der Waals surface area contributed by atoms with Gasteiger partial charge in [0, 0.05) is 16.6 Å². The van der Waals surface area contributed by atoms with Gasteiger partial charge in [0.05, 0.1) is 6.61 Å². The molecule has 0 amide bonds. The molecule has 76 valence electrons. The molecule has 0 heterocycles. The Balaban J connectivity index is 1.92. The number of nitrogens with one attached hydrogen (secondary N) is 1. The Kier molecular flexibility index (Phi) is 2.91. The van der Waals surface area contributed by atoms with E-state index in [1.54, 1.807) is 0 Å². The minimum Gasteiger partial charge on any atom is -0.394 e. The zero-order chi connectivity index (χ0) is 10.0. The quantitative estimate of drug-likeness (QED) is 0.864. The van der Waals surface area contributed by atoms with Crippen LogP contribution in [0.4, 0.5) is 0 Å². The largest absolute Gasteiger partial charge is 0.394 e. The molecular formula is C11H14BrNO. The maximum Gasteiger partial charge on any atom is 0.0613 e. The minimum atomic E-state index is 0.0301. The first-order valence-electron chi connectivity index (χ1n) is 4.84. The summed E-state index contributed by atoms with van der Waals surface area (Å²) in [6.45, 7) is 1.08. The summed E-state index contributed by atoms with van der Waals surface area (Å²) >= 11 is 3.44. The van der Waals surface area contributed by atoms with Crippen LogP contribution in [0.15, 0.2) is 28.7 Å². The van der Waals surface area contributed by atoms with Gasteiger partial charge in [-0.2, -0.15) is 0 Å². The summed E-state index contributed by atoms with van der Waals surface area (Å²) in [7, 11) is 0. The predicted octanol–water partition coefficient (Wildman–Crippen LogP) is 2.06. The van der Waals surface area contributed by atoms with Gasteiger partial charge in [-0.25, -0.2) is 0 Å². The fourth-order valence-corrected chi connectivity index (χ4v) is 1.92. The molecule has 1 fully saturated rings. The minimum absolute atomic E-state index is 0.0301. The molecule has 0 aromatic heterocycles. The van der Waals surface area contributed by atoms with Crippen molar-refractivity contribution in [2.24, 2.45) is 0 Å². The van der Waals surface area contributed by atoms with Crippen molar-refractivity contribution in [1.29, 1.82) is 0 Å². The van der Waals surface area contributed by atoms with Gasteiger partial charge < -0.3 is 10.4 Å². The monoisotopic (exact) mass is 255 g/mol. The van der Waals surface area contributed by atoms with Gasteiger partial charge >= 0.3 is 0 Å². The normalized spacial score (nSPS) is 18.1. The average molecular weight is 256 g/mol. The molecule has 1 aliphatic rings. The molecule has 0 radical (unpaired) electrons. The van der Waals surface area contributed by atoms with Crippen molar-refractivity contribution in [3.8, 4) is 0 Å². The van der Waals surface area contributed by atoms with Gasteiger partial charge in [-0.05, 0) is 30.5 Å². The van der Waals surface area contributed by atoms with Gasteiger partial charge in [0.2, 0.25) is 0 Å². The molecule has 3 heteroatoms. The summed E-state index contributed by atoms with van der Waals surface area (Å²) in [4.78, 5) is 0. The van der Waals surface area contributed by atoms with E-state index in [1.807, 2.05) is 12.1 Å². The third kappa shape index (κ3) is 2.35. The van der Waals surface area contributed by atoms with Crippen LogP contribution in [-0.2, 0) is 6.54 Å². The molecule has 1 aromatic carbocycles. The molecule has 0 atom stereocenters. The number of hydrogen-bond acceptors (Lipinski definition) is 2. The van der Waals surface area contributed by atoms with Crippen LogP contribution in [0.5, 0.6) is 0 Å². The summed E-state index contributed by atoms with van der Waals surface area (Å²) < 4.78 is 1.10. The molecule has 2 rings (SSSR count). The lowest BCUT2D eigenvalue weighted by Crippen LogP contribution is -2.34. The highest BCUT2D eigenvalue weighted by Crippen LogP contribution is 2.34. The highest BCUT2D eigenvalue weighted by atomic mass is 79.9. The van der Waals surface area contributed by atoms with Crippen molar-refractivity contribution in [2.45, 2.75) is 24.9 Å². The van der Waals surface area contributed by atoms with E-state index in [0.717, 1.165) is 23.9 Å². The molecule has 2 nitrogen and oxygen atoms in total. The third-order valence-corrected chi connectivity index (χ3v) is 3.21. The standard InChI is InChI=1S/C11H14BrNO/c12-10-3-1-2-9(6-10)7-13-11(8-14)4-5-11/h1-3,6,13-14H,4-5,7-8H2. The van der Waals surface area contributed by atoms with Gasteiger partial charge in [0.1, 0.15) is 0 Å². The molecule has 1 aromatic rings. The van der Waals surface area contributed by atoms with E-state index in [0.29, 0.717) is 0 Å². The molecule has 2 N–H and O–H groups in total. The van der Waals surface area contributed by atoms with E-state index in [1.165, 1.54) is 5.56 Å². The van der Waals surface area contributed by atoms with E-state index in [9.17, 15) is 0 Å². The molecule has 0 unspecified atom stereocenters. The Hall–Kier alpha value is -0.380. The van der Waals surface area contributed by atoms with Gasteiger partial charge in [0.25, 0.3) is 0 Å². The van der Waals surface area contributed by atoms with Gasteiger partial charge in [-0.1, -0.05) is 28.1 Å². The Morgan fingerprint density at radius 1 is 1.43 bits per heavy atom. The van der Waals surface area contributed by atoms with E-state index in [2.05, 4.69) is 33.4 Å². The molecular weight excluding hydrogens is 242 g/mol. The van der Waals surface area contributed by atoms with E-state index >= 15 is 0 Å². The van der Waals surface area contributed by atoms with Crippen molar-refractivity contribution >= 4 is 15.9 Å². The second-order valence-electron chi connectivity index (χ2n) is 3.92. The first-order valence-corrected chi connectivity index (χ1v) is 5.64. The summed E-state index contributed by atoms with van der Waals surface area (Å²) in [6, 6.07) is 8.23. The smallest absolute Gasteiger partial charge is 0.0613 e. The van der Waals surface area contributed by atoms with Crippen molar-refractivity contribution in [3.63, 3.8) is 0 Å². The zero-order valence-electron chi connectivity index (χ0n) is 7.96. The first-order chi connectivity index (χ1) is 6.74. The van der Waals surface area contributed by atoms with Crippen molar-refractivity contribution in [2.75, 3.05) is 6.61 Å². The van der Waals surface area contributed by atoms with Crippen LogP contribution >= 0.6 is 15.9 Å². The number of benzene rings is 1. The molecule has 0 spiro atoms. The highest BCUT2D eigenvalue weighted by molar-refractivity contribution is 9.10. The second kappa shape index (κ2) is 4.01. The third-order valence-electron chi connectivity index (χ3n) is 2.71. The Labute approximate surface area is 92.5 Å². The number of halogens is 1. The number of rotatable bonds is 4. The van der Waals surface area contributed by atoms with Crippen LogP contribution in [0.3, 0.4) is 0 Å². The van der Waals surface area contributed by atoms with Crippen molar-refractivity contribution in [1.82, 2.24) is 5.32 Å². The van der Waals surface area contributed by atoms with Gasteiger partial charge in [-0.3, -0.25) is 0 Å². The molecule has 14 heavy (non-hydrogen) atoms. The summed E-state index contributed by atoms with van der Waals surface area (Å²) in [5.74, 6) is 0. The van der Waals surface area contributed by atoms with Crippen LogP contribution in [0.1, 0.15) is 18.4 Å². The summed E-state index contributed by atoms with van der Waals surface area (Å²) in [5.41, 5.74) is 1.28. The average Bonchev–Trinajstić information content (AvgIpc) is 2.96. The fourth-order valence-electron chi connectivity index (χ4n) is 1.48. The van der Waals surface area contributed by atoms with Crippen LogP contribution in [0.2, 0.25) is 0 Å². The Morgan fingerprint density at radius 2 is 2.21 bits per heavy atom. The second-order valence-corrected chi connectivity index (χ2v) is 4.84. The number of aliphatic hydroxyl groups excluding tert-OH is 1. The molecule has 0 saturated heterocycles. The molecule has 1 aliphatic carbocycles. The van der Waals surface area contributed by atoms with Gasteiger partial charge in [-0.15, -0.1) is 0 Å². The Morgan fingerprint density at radius 3 is 2.79 bits per heavy atom. The van der Waals surface area contributed by atoms with E-state index in [4.69, 9.17) is 5.11 Å². The molecule has 1 saturated carbocycles. The van der Waals surface area contributed by atoms with Crippen molar-refractivity contribution < 1.29 is 5.11 Å². The lowest BCUT2D eigenvalue weighted by atomic mass is 10.2. The lowest BCUT2D eigenvalue weighted by molar-refractivity contribution is 0.229. The lowest BCUT2D eigenvalue weighted by Gasteiger charge is -2.14.